The van der Waals surface area contributed by atoms with E-state index in [0.29, 0.717) is 6.42 Å². The number of ketones is 1. The molecule has 0 radical (unpaired) electrons. The quantitative estimate of drug-likeness (QED) is 0.813. The first-order valence-corrected chi connectivity index (χ1v) is 4.94. The van der Waals surface area contributed by atoms with Gasteiger partial charge in [0, 0.05) is 0 Å². The molecule has 1 rings (SSSR count). The smallest absolute Gasteiger partial charge is 0.146 e. The predicted octanol–water partition coefficient (Wildman–Crippen LogP) is 1.46. The van der Waals surface area contributed by atoms with Crippen molar-refractivity contribution in [3.63, 3.8) is 0 Å². The normalized spacial score (nSPS) is 12.3. The first-order chi connectivity index (χ1) is 7.06. The maximum Gasteiger partial charge on any atom is 0.146 e. The van der Waals surface area contributed by atoms with Crippen LogP contribution in [0.3, 0.4) is 0 Å². The Morgan fingerprint density at radius 2 is 2.20 bits per heavy atom. The Hall–Kier alpha value is -1.35. The molecule has 0 saturated carbocycles. The number of hydrogen-bond donors (Lipinski definition) is 1. The molecule has 3 nitrogen and oxygen atoms in total. The minimum absolute atomic E-state index is 0.00133. The summed E-state index contributed by atoms with van der Waals surface area (Å²) in [5, 5.41) is 0. The Morgan fingerprint density at radius 3 is 2.73 bits per heavy atom. The standard InChI is InChI=1S/C12H17NO2/c1-8-5-4-6-10(12(8)15-3)7-11(13)9(2)14/h4-6,11H,7,13H2,1-3H3. The van der Waals surface area contributed by atoms with E-state index >= 15 is 0 Å². The summed E-state index contributed by atoms with van der Waals surface area (Å²) >= 11 is 0. The van der Waals surface area contributed by atoms with Crippen molar-refractivity contribution < 1.29 is 9.53 Å². The minimum atomic E-state index is -0.444. The number of carbonyl (C=O) groups excluding carboxylic acids is 1. The fourth-order valence-corrected chi connectivity index (χ4v) is 1.55. The average Bonchev–Trinajstić information content (AvgIpc) is 2.18. The lowest BCUT2D eigenvalue weighted by Crippen LogP contribution is -2.30. The molecule has 3 heteroatoms. The van der Waals surface area contributed by atoms with Gasteiger partial charge in [-0.25, -0.2) is 0 Å². The molecule has 82 valence electrons. The topological polar surface area (TPSA) is 52.3 Å². The Morgan fingerprint density at radius 1 is 1.53 bits per heavy atom. The van der Waals surface area contributed by atoms with Crippen LogP contribution >= 0.6 is 0 Å². The van der Waals surface area contributed by atoms with E-state index in [0.717, 1.165) is 16.9 Å². The molecule has 0 heterocycles. The summed E-state index contributed by atoms with van der Waals surface area (Å²) in [7, 11) is 1.63. The van der Waals surface area contributed by atoms with Gasteiger partial charge in [0.25, 0.3) is 0 Å². The molecule has 0 amide bonds. The van der Waals surface area contributed by atoms with Gasteiger partial charge in [0.05, 0.1) is 13.2 Å². The molecule has 2 N–H and O–H groups in total. The van der Waals surface area contributed by atoms with Gasteiger partial charge in [0.15, 0.2) is 0 Å². The van der Waals surface area contributed by atoms with Gasteiger partial charge in [-0.1, -0.05) is 18.2 Å². The van der Waals surface area contributed by atoms with E-state index < -0.39 is 6.04 Å². The highest BCUT2D eigenvalue weighted by Crippen LogP contribution is 2.23. The van der Waals surface area contributed by atoms with Crippen molar-refractivity contribution in [3.8, 4) is 5.75 Å². The maximum atomic E-state index is 11.1. The van der Waals surface area contributed by atoms with Crippen LogP contribution in [0, 0.1) is 6.92 Å². The van der Waals surface area contributed by atoms with Gasteiger partial charge >= 0.3 is 0 Å². The third kappa shape index (κ3) is 2.80. The van der Waals surface area contributed by atoms with Crippen molar-refractivity contribution in [2.24, 2.45) is 5.73 Å². The van der Waals surface area contributed by atoms with Gasteiger partial charge in [0.1, 0.15) is 11.5 Å². The van der Waals surface area contributed by atoms with Crippen molar-refractivity contribution in [1.29, 1.82) is 0 Å². The molecule has 0 aliphatic carbocycles. The molecule has 1 atom stereocenters. The number of benzene rings is 1. The fourth-order valence-electron chi connectivity index (χ4n) is 1.55. The maximum absolute atomic E-state index is 11.1. The molecular weight excluding hydrogens is 190 g/mol. The number of carbonyl (C=O) groups is 1. The highest BCUT2D eigenvalue weighted by molar-refractivity contribution is 5.81. The molecule has 0 spiro atoms. The second kappa shape index (κ2) is 4.94. The van der Waals surface area contributed by atoms with Crippen LogP contribution in [0.15, 0.2) is 18.2 Å². The number of rotatable bonds is 4. The van der Waals surface area contributed by atoms with Gasteiger partial charge in [0.2, 0.25) is 0 Å². The molecule has 0 fully saturated rings. The van der Waals surface area contributed by atoms with Crippen LogP contribution in [0.4, 0.5) is 0 Å². The van der Waals surface area contributed by atoms with Gasteiger partial charge in [-0.3, -0.25) is 4.79 Å². The summed E-state index contributed by atoms with van der Waals surface area (Å²) in [6, 6.07) is 5.41. The Bertz CT molecular complexity index is 361. The summed E-state index contributed by atoms with van der Waals surface area (Å²) in [4.78, 5) is 11.1. The number of hydrogen-bond acceptors (Lipinski definition) is 3. The van der Waals surface area contributed by atoms with E-state index in [9.17, 15) is 4.79 Å². The highest BCUT2D eigenvalue weighted by Gasteiger charge is 2.13. The average molecular weight is 207 g/mol. The molecule has 1 aromatic rings. The number of Topliss-reactive ketones (excluding diaryl/α,β-unsaturated/α-hetero) is 1. The molecule has 1 unspecified atom stereocenters. The van der Waals surface area contributed by atoms with Crippen molar-refractivity contribution in [1.82, 2.24) is 0 Å². The summed E-state index contributed by atoms with van der Waals surface area (Å²) in [5.41, 5.74) is 7.76. The van der Waals surface area contributed by atoms with Crippen LogP contribution in [0.5, 0.6) is 5.75 Å². The molecule has 15 heavy (non-hydrogen) atoms. The zero-order chi connectivity index (χ0) is 11.4. The Balaban J connectivity index is 2.94. The van der Waals surface area contributed by atoms with E-state index in [1.54, 1.807) is 7.11 Å². The van der Waals surface area contributed by atoms with Gasteiger partial charge in [-0.05, 0) is 31.4 Å². The van der Waals surface area contributed by atoms with Crippen molar-refractivity contribution in [2.75, 3.05) is 7.11 Å². The SMILES string of the molecule is COc1c(C)cccc1CC(N)C(C)=O. The zero-order valence-electron chi connectivity index (χ0n) is 9.41. The molecular formula is C12H17NO2. The molecule has 0 bridgehead atoms. The van der Waals surface area contributed by atoms with E-state index in [1.807, 2.05) is 25.1 Å². The van der Waals surface area contributed by atoms with Crippen molar-refractivity contribution >= 4 is 5.78 Å². The molecule has 1 aromatic carbocycles. The number of ether oxygens (including phenoxy) is 1. The third-order valence-electron chi connectivity index (χ3n) is 2.46. The molecule has 0 saturated heterocycles. The first-order valence-electron chi connectivity index (χ1n) is 4.94. The van der Waals surface area contributed by atoms with Crippen LogP contribution in [-0.4, -0.2) is 18.9 Å². The van der Waals surface area contributed by atoms with Gasteiger partial charge < -0.3 is 10.5 Å². The monoisotopic (exact) mass is 207 g/mol. The number of methoxy groups -OCH3 is 1. The van der Waals surface area contributed by atoms with Crippen LogP contribution < -0.4 is 10.5 Å². The summed E-state index contributed by atoms with van der Waals surface area (Å²) in [6.45, 7) is 3.48. The Labute approximate surface area is 90.2 Å². The lowest BCUT2D eigenvalue weighted by atomic mass is 10.0. The summed E-state index contributed by atoms with van der Waals surface area (Å²) in [5.74, 6) is 0.827. The van der Waals surface area contributed by atoms with Gasteiger partial charge in [-0.15, -0.1) is 0 Å². The number of aryl methyl sites for hydroxylation is 1. The Kier molecular flexibility index (Phi) is 3.86. The van der Waals surface area contributed by atoms with Crippen LogP contribution in [0.2, 0.25) is 0 Å². The lowest BCUT2D eigenvalue weighted by molar-refractivity contribution is -0.118. The predicted molar refractivity (Wildman–Crippen MR) is 60.1 cm³/mol. The van der Waals surface area contributed by atoms with E-state index in [2.05, 4.69) is 0 Å². The van der Waals surface area contributed by atoms with E-state index in [1.165, 1.54) is 6.92 Å². The minimum Gasteiger partial charge on any atom is -0.496 e. The largest absolute Gasteiger partial charge is 0.496 e. The molecule has 0 aliphatic heterocycles. The van der Waals surface area contributed by atoms with E-state index in [4.69, 9.17) is 10.5 Å². The first kappa shape index (κ1) is 11.7. The second-order valence-corrected chi connectivity index (χ2v) is 3.69. The number of para-hydroxylation sites is 1. The second-order valence-electron chi connectivity index (χ2n) is 3.69. The van der Waals surface area contributed by atoms with Crippen molar-refractivity contribution in [3.05, 3.63) is 29.3 Å². The zero-order valence-corrected chi connectivity index (χ0v) is 9.41. The molecule has 0 aliphatic rings. The highest BCUT2D eigenvalue weighted by atomic mass is 16.5. The third-order valence-corrected chi connectivity index (χ3v) is 2.46. The fraction of sp³-hybridized carbons (Fsp3) is 0.417. The van der Waals surface area contributed by atoms with Crippen molar-refractivity contribution in [2.45, 2.75) is 26.3 Å². The van der Waals surface area contributed by atoms with E-state index in [-0.39, 0.29) is 5.78 Å². The van der Waals surface area contributed by atoms with Crippen LogP contribution in [-0.2, 0) is 11.2 Å². The molecule has 0 aromatic heterocycles. The lowest BCUT2D eigenvalue weighted by Gasteiger charge is -2.13. The number of nitrogens with two attached hydrogens (primary N) is 1. The van der Waals surface area contributed by atoms with Gasteiger partial charge in [-0.2, -0.15) is 0 Å². The van der Waals surface area contributed by atoms with Crippen LogP contribution in [0.25, 0.3) is 0 Å². The summed E-state index contributed by atoms with van der Waals surface area (Å²) in [6.07, 6.45) is 0.528. The summed E-state index contributed by atoms with van der Waals surface area (Å²) < 4.78 is 5.29. The van der Waals surface area contributed by atoms with Crippen LogP contribution in [0.1, 0.15) is 18.1 Å².